The lowest BCUT2D eigenvalue weighted by Crippen LogP contribution is -2.28. The standard InChI is InChI=1S/C18H35NO3.C3H7NO2/c1-2-3-4-5-6-7-8-9-10-11-12-13-14-15-17(20)19-16-18(21)22;1-2(4)3(5)6/h2-16H2,1H3,(H,19,20)(H,21,22);2H,4H2,1H3,(H,5,6)/t;2-/m.0/s1. The Hall–Kier alpha value is -1.63. The number of aliphatic carboxylic acids is 2. The first-order valence-electron chi connectivity index (χ1n) is 10.8. The zero-order chi connectivity index (χ0) is 21.6. The van der Waals surface area contributed by atoms with Crippen molar-refractivity contribution in [3.8, 4) is 0 Å². The third-order valence-corrected chi connectivity index (χ3v) is 4.33. The molecule has 7 heteroatoms. The van der Waals surface area contributed by atoms with Gasteiger partial charge in [-0.2, -0.15) is 0 Å². The molecule has 0 spiro atoms. The second-order valence-corrected chi connectivity index (χ2v) is 7.29. The van der Waals surface area contributed by atoms with Crippen LogP contribution in [0.5, 0.6) is 0 Å². The molecule has 1 amide bonds. The van der Waals surface area contributed by atoms with Crippen LogP contribution in [0.15, 0.2) is 0 Å². The number of carboxylic acid groups (broad SMARTS) is 2. The van der Waals surface area contributed by atoms with Crippen molar-refractivity contribution < 1.29 is 24.6 Å². The molecule has 166 valence electrons. The third-order valence-electron chi connectivity index (χ3n) is 4.33. The van der Waals surface area contributed by atoms with E-state index in [1.165, 1.54) is 77.6 Å². The van der Waals surface area contributed by atoms with Crippen LogP contribution in [0.2, 0.25) is 0 Å². The summed E-state index contributed by atoms with van der Waals surface area (Å²) in [5.41, 5.74) is 4.84. The maximum absolute atomic E-state index is 11.3. The summed E-state index contributed by atoms with van der Waals surface area (Å²) in [6.07, 6.45) is 17.1. The summed E-state index contributed by atoms with van der Waals surface area (Å²) in [6, 6.07) is -0.731. The van der Waals surface area contributed by atoms with E-state index in [9.17, 15) is 14.4 Å². The zero-order valence-electron chi connectivity index (χ0n) is 17.9. The van der Waals surface area contributed by atoms with E-state index in [0.717, 1.165) is 12.8 Å². The van der Waals surface area contributed by atoms with Crippen molar-refractivity contribution in [3.63, 3.8) is 0 Å². The van der Waals surface area contributed by atoms with Crippen molar-refractivity contribution in [3.05, 3.63) is 0 Å². The molecule has 0 saturated heterocycles. The fourth-order valence-corrected chi connectivity index (χ4v) is 2.57. The quantitative estimate of drug-likeness (QED) is 0.271. The molecule has 7 nitrogen and oxygen atoms in total. The molecule has 0 saturated carbocycles. The number of nitrogens with one attached hydrogen (secondary N) is 1. The fraction of sp³-hybridized carbons (Fsp3) is 0.857. The number of amides is 1. The zero-order valence-corrected chi connectivity index (χ0v) is 17.9. The first-order valence-corrected chi connectivity index (χ1v) is 10.8. The third kappa shape index (κ3) is 26.6. The van der Waals surface area contributed by atoms with Crippen molar-refractivity contribution in [2.24, 2.45) is 5.73 Å². The van der Waals surface area contributed by atoms with E-state index in [0.29, 0.717) is 6.42 Å². The molecule has 0 aromatic rings. The Morgan fingerprint density at radius 1 is 0.786 bits per heavy atom. The van der Waals surface area contributed by atoms with Gasteiger partial charge in [-0.3, -0.25) is 14.4 Å². The maximum atomic E-state index is 11.3. The molecule has 0 aromatic carbocycles. The van der Waals surface area contributed by atoms with E-state index in [4.69, 9.17) is 15.9 Å². The maximum Gasteiger partial charge on any atom is 0.322 e. The highest BCUT2D eigenvalue weighted by atomic mass is 16.4. The first-order chi connectivity index (χ1) is 13.3. The van der Waals surface area contributed by atoms with Gasteiger partial charge in [-0.05, 0) is 13.3 Å². The predicted octanol–water partition coefficient (Wildman–Crippen LogP) is 4.09. The molecule has 0 aliphatic rings. The number of hydrogen-bond donors (Lipinski definition) is 4. The number of nitrogens with two attached hydrogens (primary N) is 1. The van der Waals surface area contributed by atoms with E-state index < -0.39 is 18.0 Å². The van der Waals surface area contributed by atoms with Crippen LogP contribution in [0.3, 0.4) is 0 Å². The van der Waals surface area contributed by atoms with Gasteiger partial charge in [0.25, 0.3) is 0 Å². The van der Waals surface area contributed by atoms with Crippen molar-refractivity contribution >= 4 is 17.8 Å². The molecular formula is C21H42N2O5. The van der Waals surface area contributed by atoms with Crippen LogP contribution in [0.1, 0.15) is 104 Å². The Morgan fingerprint density at radius 2 is 1.14 bits per heavy atom. The highest BCUT2D eigenvalue weighted by Crippen LogP contribution is 2.12. The lowest BCUT2D eigenvalue weighted by Gasteiger charge is -2.04. The first kappa shape index (κ1) is 28.6. The second-order valence-electron chi connectivity index (χ2n) is 7.29. The average Bonchev–Trinajstić information content (AvgIpc) is 2.64. The van der Waals surface area contributed by atoms with Crippen LogP contribution < -0.4 is 11.1 Å². The Morgan fingerprint density at radius 3 is 1.46 bits per heavy atom. The Labute approximate surface area is 170 Å². The van der Waals surface area contributed by atoms with Crippen LogP contribution in [-0.4, -0.2) is 40.6 Å². The Kier molecular flexibility index (Phi) is 22.1. The molecule has 0 rings (SSSR count). The molecule has 0 aliphatic carbocycles. The summed E-state index contributed by atoms with van der Waals surface area (Å²) in [5, 5.41) is 18.7. The highest BCUT2D eigenvalue weighted by molar-refractivity contribution is 5.80. The molecule has 0 fully saturated rings. The van der Waals surface area contributed by atoms with Gasteiger partial charge in [-0.15, -0.1) is 0 Å². The SMILES string of the molecule is CCCCCCCCCCCCCCCC(=O)NCC(=O)O.C[C@H](N)C(=O)O. The van der Waals surface area contributed by atoms with Gasteiger partial charge in [0.15, 0.2) is 0 Å². The van der Waals surface area contributed by atoms with Gasteiger partial charge in [0.1, 0.15) is 12.6 Å². The molecule has 0 unspecified atom stereocenters. The fourth-order valence-electron chi connectivity index (χ4n) is 2.57. The van der Waals surface area contributed by atoms with Crippen molar-refractivity contribution in [1.82, 2.24) is 5.32 Å². The predicted molar refractivity (Wildman–Crippen MR) is 112 cm³/mol. The average molecular weight is 403 g/mol. The molecule has 0 aromatic heterocycles. The normalized spacial score (nSPS) is 11.2. The van der Waals surface area contributed by atoms with Crippen molar-refractivity contribution in [2.75, 3.05) is 6.54 Å². The number of carbonyl (C=O) groups excluding carboxylic acids is 1. The number of rotatable bonds is 17. The number of unbranched alkanes of at least 4 members (excludes halogenated alkanes) is 12. The number of carboxylic acids is 2. The van der Waals surface area contributed by atoms with Crippen LogP contribution >= 0.6 is 0 Å². The summed E-state index contributed by atoms with van der Waals surface area (Å²) in [6.45, 7) is 3.40. The molecule has 0 aliphatic heterocycles. The van der Waals surface area contributed by atoms with Crippen LogP contribution in [0, 0.1) is 0 Å². The highest BCUT2D eigenvalue weighted by Gasteiger charge is 2.03. The Balaban J connectivity index is 0. The number of carbonyl (C=O) groups is 3. The lowest BCUT2D eigenvalue weighted by molar-refractivity contribution is -0.138. The second kappa shape index (κ2) is 21.7. The molecule has 0 radical (unpaired) electrons. The van der Waals surface area contributed by atoms with Gasteiger partial charge in [-0.1, -0.05) is 84.0 Å². The van der Waals surface area contributed by atoms with Crippen LogP contribution in [-0.2, 0) is 14.4 Å². The largest absolute Gasteiger partial charge is 0.480 e. The van der Waals surface area contributed by atoms with Crippen LogP contribution in [0.25, 0.3) is 0 Å². The van der Waals surface area contributed by atoms with E-state index >= 15 is 0 Å². The summed E-state index contributed by atoms with van der Waals surface area (Å²) < 4.78 is 0. The van der Waals surface area contributed by atoms with Gasteiger partial charge in [0, 0.05) is 6.42 Å². The summed E-state index contributed by atoms with van der Waals surface area (Å²) >= 11 is 0. The molecule has 1 atom stereocenters. The van der Waals surface area contributed by atoms with Gasteiger partial charge in [0.2, 0.25) is 5.91 Å². The van der Waals surface area contributed by atoms with Crippen molar-refractivity contribution in [1.29, 1.82) is 0 Å². The van der Waals surface area contributed by atoms with E-state index in [1.54, 1.807) is 0 Å². The summed E-state index contributed by atoms with van der Waals surface area (Å²) in [5.74, 6) is -2.10. The smallest absolute Gasteiger partial charge is 0.322 e. The van der Waals surface area contributed by atoms with E-state index in [-0.39, 0.29) is 12.5 Å². The van der Waals surface area contributed by atoms with E-state index in [1.807, 2.05) is 0 Å². The summed E-state index contributed by atoms with van der Waals surface area (Å²) in [4.78, 5) is 31.1. The van der Waals surface area contributed by atoms with Gasteiger partial charge in [-0.25, -0.2) is 0 Å². The molecule has 5 N–H and O–H groups in total. The topological polar surface area (TPSA) is 130 Å². The minimum atomic E-state index is -0.987. The van der Waals surface area contributed by atoms with Crippen LogP contribution in [0.4, 0.5) is 0 Å². The Bertz CT molecular complexity index is 400. The molecule has 28 heavy (non-hydrogen) atoms. The lowest BCUT2D eigenvalue weighted by atomic mass is 10.0. The van der Waals surface area contributed by atoms with Gasteiger partial charge >= 0.3 is 11.9 Å². The van der Waals surface area contributed by atoms with Gasteiger partial charge < -0.3 is 21.3 Å². The molecule has 0 heterocycles. The monoisotopic (exact) mass is 402 g/mol. The molecule has 0 bridgehead atoms. The van der Waals surface area contributed by atoms with Gasteiger partial charge in [0.05, 0.1) is 0 Å². The minimum Gasteiger partial charge on any atom is -0.480 e. The number of hydrogen-bond acceptors (Lipinski definition) is 4. The molecular weight excluding hydrogens is 360 g/mol. The summed E-state index contributed by atoms with van der Waals surface area (Å²) in [7, 11) is 0. The van der Waals surface area contributed by atoms with E-state index in [2.05, 4.69) is 12.2 Å². The van der Waals surface area contributed by atoms with Crippen molar-refractivity contribution in [2.45, 2.75) is 110 Å². The minimum absolute atomic E-state index is 0.148.